The molecule has 0 aliphatic carbocycles. The zero-order valence-corrected chi connectivity index (χ0v) is 8.60. The van der Waals surface area contributed by atoms with Crippen molar-refractivity contribution in [2.75, 3.05) is 0 Å². The first-order valence-corrected chi connectivity index (χ1v) is 5.43. The maximum atomic E-state index is 9.89. The van der Waals surface area contributed by atoms with Crippen LogP contribution in [0.15, 0.2) is 17.6 Å². The van der Waals surface area contributed by atoms with Crippen LogP contribution in [0.3, 0.4) is 0 Å². The topological polar surface area (TPSA) is 46.0 Å². The number of nitrogens with zero attached hydrogens (tertiary/aromatic N) is 2. The maximum Gasteiger partial charge on any atom is 0.117 e. The third kappa shape index (κ3) is 1.63. The molecule has 0 saturated carbocycles. The molecule has 1 atom stereocenters. The Hall–Kier alpha value is -0.780. The van der Waals surface area contributed by atoms with Crippen molar-refractivity contribution in [1.82, 2.24) is 9.59 Å². The molecule has 68 valence electrons. The third-order valence-electron chi connectivity index (χ3n) is 1.84. The van der Waals surface area contributed by atoms with Gasteiger partial charge in [-0.3, -0.25) is 0 Å². The molecule has 2 rings (SSSR count). The van der Waals surface area contributed by atoms with Crippen molar-refractivity contribution in [3.63, 3.8) is 0 Å². The van der Waals surface area contributed by atoms with E-state index >= 15 is 0 Å². The van der Waals surface area contributed by atoms with Crippen molar-refractivity contribution < 1.29 is 5.11 Å². The van der Waals surface area contributed by atoms with Crippen LogP contribution in [-0.2, 0) is 0 Å². The average Bonchev–Trinajstić information content (AvgIpc) is 2.72. The molecule has 0 aromatic carbocycles. The lowest BCUT2D eigenvalue weighted by Crippen LogP contribution is -1.96. The van der Waals surface area contributed by atoms with Gasteiger partial charge in [0, 0.05) is 4.88 Å². The summed E-state index contributed by atoms with van der Waals surface area (Å²) in [6.45, 7) is 2.00. The standard InChI is InChI=1S/C8H8N2OS2/c1-5-6(2-3-12-5)8(11)7-4-9-10-13-7/h2-4,8,11H,1H3. The Morgan fingerprint density at radius 3 is 2.92 bits per heavy atom. The SMILES string of the molecule is Cc1sccc1C(O)c1cnns1. The van der Waals surface area contributed by atoms with E-state index in [0.717, 1.165) is 15.3 Å². The van der Waals surface area contributed by atoms with Gasteiger partial charge in [0.15, 0.2) is 0 Å². The van der Waals surface area contributed by atoms with Crippen LogP contribution in [0, 0.1) is 6.92 Å². The summed E-state index contributed by atoms with van der Waals surface area (Å²) in [5.41, 5.74) is 0.955. The van der Waals surface area contributed by atoms with E-state index in [4.69, 9.17) is 0 Å². The van der Waals surface area contributed by atoms with Crippen LogP contribution in [0.5, 0.6) is 0 Å². The largest absolute Gasteiger partial charge is 0.383 e. The van der Waals surface area contributed by atoms with Crippen molar-refractivity contribution in [2.45, 2.75) is 13.0 Å². The fourth-order valence-corrected chi connectivity index (χ4v) is 2.37. The molecule has 0 bridgehead atoms. The van der Waals surface area contributed by atoms with Crippen molar-refractivity contribution in [2.24, 2.45) is 0 Å². The number of aryl methyl sites for hydroxylation is 1. The fraction of sp³-hybridized carbons (Fsp3) is 0.250. The highest BCUT2D eigenvalue weighted by atomic mass is 32.1. The molecule has 0 fully saturated rings. The quantitative estimate of drug-likeness (QED) is 0.828. The molecule has 0 spiro atoms. The zero-order chi connectivity index (χ0) is 9.26. The highest BCUT2D eigenvalue weighted by Gasteiger charge is 2.15. The summed E-state index contributed by atoms with van der Waals surface area (Å²) in [7, 11) is 0. The zero-order valence-electron chi connectivity index (χ0n) is 6.97. The number of aromatic nitrogens is 2. The molecule has 0 aliphatic rings. The normalized spacial score (nSPS) is 13.1. The van der Waals surface area contributed by atoms with E-state index in [1.165, 1.54) is 11.5 Å². The van der Waals surface area contributed by atoms with Crippen LogP contribution < -0.4 is 0 Å². The lowest BCUT2D eigenvalue weighted by molar-refractivity contribution is 0.224. The maximum absolute atomic E-state index is 9.89. The molecule has 3 nitrogen and oxygen atoms in total. The Kier molecular flexibility index (Phi) is 2.39. The number of hydrogen-bond donors (Lipinski definition) is 1. The summed E-state index contributed by atoms with van der Waals surface area (Å²) in [5, 5.41) is 15.6. The number of aliphatic hydroxyl groups excluding tert-OH is 1. The van der Waals surface area contributed by atoms with Gasteiger partial charge in [-0.2, -0.15) is 0 Å². The van der Waals surface area contributed by atoms with Crippen LogP contribution in [0.25, 0.3) is 0 Å². The first-order valence-electron chi connectivity index (χ1n) is 3.78. The molecular weight excluding hydrogens is 204 g/mol. The van der Waals surface area contributed by atoms with Crippen molar-refractivity contribution >= 4 is 22.9 Å². The van der Waals surface area contributed by atoms with Crippen LogP contribution in [0.4, 0.5) is 0 Å². The van der Waals surface area contributed by atoms with Gasteiger partial charge in [0.2, 0.25) is 0 Å². The van der Waals surface area contributed by atoms with E-state index in [0.29, 0.717) is 0 Å². The van der Waals surface area contributed by atoms with Gasteiger partial charge in [0.05, 0.1) is 11.1 Å². The van der Waals surface area contributed by atoms with Crippen LogP contribution >= 0.6 is 22.9 Å². The Morgan fingerprint density at radius 2 is 2.38 bits per heavy atom. The highest BCUT2D eigenvalue weighted by molar-refractivity contribution is 7.10. The molecular formula is C8H8N2OS2. The van der Waals surface area contributed by atoms with Crippen LogP contribution in [-0.4, -0.2) is 14.7 Å². The van der Waals surface area contributed by atoms with E-state index < -0.39 is 6.10 Å². The molecule has 0 aliphatic heterocycles. The summed E-state index contributed by atoms with van der Waals surface area (Å²) < 4.78 is 3.72. The van der Waals surface area contributed by atoms with E-state index in [-0.39, 0.29) is 0 Å². The molecule has 0 amide bonds. The second kappa shape index (κ2) is 3.53. The van der Waals surface area contributed by atoms with Crippen molar-refractivity contribution in [1.29, 1.82) is 0 Å². The van der Waals surface area contributed by atoms with Gasteiger partial charge in [0.1, 0.15) is 6.10 Å². The third-order valence-corrected chi connectivity index (χ3v) is 3.42. The Morgan fingerprint density at radius 1 is 1.54 bits per heavy atom. The molecule has 1 unspecified atom stereocenters. The molecule has 13 heavy (non-hydrogen) atoms. The smallest absolute Gasteiger partial charge is 0.117 e. The number of rotatable bonds is 2. The van der Waals surface area contributed by atoms with Gasteiger partial charge in [-0.15, -0.1) is 16.4 Å². The number of hydrogen-bond acceptors (Lipinski definition) is 5. The van der Waals surface area contributed by atoms with Gasteiger partial charge in [-0.05, 0) is 35.5 Å². The van der Waals surface area contributed by atoms with Gasteiger partial charge < -0.3 is 5.11 Å². The van der Waals surface area contributed by atoms with E-state index in [1.54, 1.807) is 17.5 Å². The first-order chi connectivity index (χ1) is 6.29. The second-order valence-corrected chi connectivity index (χ2v) is 4.59. The molecule has 1 N–H and O–H groups in total. The minimum absolute atomic E-state index is 0.564. The molecule has 2 aromatic heterocycles. The summed E-state index contributed by atoms with van der Waals surface area (Å²) >= 11 is 2.87. The van der Waals surface area contributed by atoms with Gasteiger partial charge in [-0.25, -0.2) is 0 Å². The van der Waals surface area contributed by atoms with Gasteiger partial charge >= 0.3 is 0 Å². The first kappa shape index (κ1) is 8.80. The van der Waals surface area contributed by atoms with Gasteiger partial charge in [-0.1, -0.05) is 4.49 Å². The summed E-state index contributed by atoms with van der Waals surface area (Å²) in [6.07, 6.45) is 1.04. The minimum Gasteiger partial charge on any atom is -0.383 e. The summed E-state index contributed by atoms with van der Waals surface area (Å²) in [4.78, 5) is 1.93. The predicted molar refractivity (Wildman–Crippen MR) is 53.0 cm³/mol. The van der Waals surface area contributed by atoms with E-state index in [2.05, 4.69) is 9.59 Å². The summed E-state index contributed by atoms with van der Waals surface area (Å²) in [6, 6.07) is 1.93. The van der Waals surface area contributed by atoms with Crippen molar-refractivity contribution in [3.8, 4) is 0 Å². The molecule has 2 aromatic rings. The molecule has 0 radical (unpaired) electrons. The van der Waals surface area contributed by atoms with E-state index in [9.17, 15) is 5.11 Å². The molecule has 0 saturated heterocycles. The molecule has 5 heteroatoms. The van der Waals surface area contributed by atoms with Crippen LogP contribution in [0.2, 0.25) is 0 Å². The lowest BCUT2D eigenvalue weighted by Gasteiger charge is -2.05. The minimum atomic E-state index is -0.564. The summed E-state index contributed by atoms with van der Waals surface area (Å²) in [5.74, 6) is 0. The number of aliphatic hydroxyl groups is 1. The average molecular weight is 212 g/mol. The highest BCUT2D eigenvalue weighted by Crippen LogP contribution is 2.28. The predicted octanol–water partition coefficient (Wildman–Crippen LogP) is 1.99. The number of thiophene rings is 1. The molecule has 2 heterocycles. The fourth-order valence-electron chi connectivity index (χ4n) is 1.13. The lowest BCUT2D eigenvalue weighted by atomic mass is 10.1. The Balaban J connectivity index is 2.33. The monoisotopic (exact) mass is 212 g/mol. The Bertz CT molecular complexity index is 383. The van der Waals surface area contributed by atoms with E-state index in [1.807, 2.05) is 18.4 Å². The van der Waals surface area contributed by atoms with Gasteiger partial charge in [0.25, 0.3) is 0 Å². The second-order valence-electron chi connectivity index (χ2n) is 2.65. The van der Waals surface area contributed by atoms with Crippen molar-refractivity contribution in [3.05, 3.63) is 33.0 Å². The van der Waals surface area contributed by atoms with Crippen LogP contribution in [0.1, 0.15) is 21.4 Å². The Labute approximate surface area is 83.8 Å².